The number of hydrogen-bond donors (Lipinski definition) is 1. The number of benzene rings is 2. The number of nitrogens with one attached hydrogen (secondary N) is 1. The number of nitrogens with zero attached hydrogens (tertiary/aromatic N) is 4. The van der Waals surface area contributed by atoms with Gasteiger partial charge >= 0.3 is 0 Å². The summed E-state index contributed by atoms with van der Waals surface area (Å²) < 4.78 is 8.23. The number of carbonyl (C=O) groups excluding carboxylic acids is 1. The minimum absolute atomic E-state index is 0.136. The van der Waals surface area contributed by atoms with E-state index in [1.54, 1.807) is 24.9 Å². The molecule has 0 saturated heterocycles. The zero-order valence-corrected chi connectivity index (χ0v) is 21.6. The second kappa shape index (κ2) is 10.4. The van der Waals surface area contributed by atoms with Gasteiger partial charge in [0.05, 0.1) is 17.0 Å². The number of rotatable bonds is 7. The molecule has 1 N–H and O–H groups in total. The summed E-state index contributed by atoms with van der Waals surface area (Å²) >= 11 is 6.53. The maximum atomic E-state index is 12.9. The maximum absolute atomic E-state index is 12.9. The van der Waals surface area contributed by atoms with Crippen LogP contribution in [0.5, 0.6) is 5.75 Å². The minimum Gasteiger partial charge on any atom is -0.487 e. The van der Waals surface area contributed by atoms with Gasteiger partial charge < -0.3 is 14.6 Å². The van der Waals surface area contributed by atoms with E-state index in [-0.39, 0.29) is 19.1 Å². The Morgan fingerprint density at radius 3 is 2.59 bits per heavy atom. The van der Waals surface area contributed by atoms with Gasteiger partial charge in [-0.1, -0.05) is 41.9 Å². The normalized spacial score (nSPS) is 11.0. The van der Waals surface area contributed by atoms with Crippen molar-refractivity contribution in [3.63, 3.8) is 0 Å². The van der Waals surface area contributed by atoms with Crippen LogP contribution in [-0.4, -0.2) is 25.4 Å². The van der Waals surface area contributed by atoms with Gasteiger partial charge in [0.2, 0.25) is 0 Å². The number of ether oxygens (including phenoxy) is 1. The summed E-state index contributed by atoms with van der Waals surface area (Å²) in [4.78, 5) is 26.1. The van der Waals surface area contributed by atoms with Crippen molar-refractivity contribution >= 4 is 28.4 Å². The second-order valence-corrected chi connectivity index (χ2v) is 9.31. The van der Waals surface area contributed by atoms with Crippen LogP contribution in [0.25, 0.3) is 16.6 Å². The second-order valence-electron chi connectivity index (χ2n) is 8.90. The van der Waals surface area contributed by atoms with Gasteiger partial charge in [-0.2, -0.15) is 0 Å². The number of hydrogen-bond acceptors (Lipinski definition) is 5. The number of pyridine rings is 2. The quantitative estimate of drug-likeness (QED) is 0.294. The van der Waals surface area contributed by atoms with E-state index in [4.69, 9.17) is 21.3 Å². The first kappa shape index (κ1) is 24.5. The van der Waals surface area contributed by atoms with E-state index < -0.39 is 0 Å². The molecular weight excluding hydrogens is 486 g/mol. The SMILES string of the molecule is Cc1cc(-n2ccnc2)c2cccc(OCc3c(Cl)cncc3CNC(=O)c3c(C)cccc3C)c2n1. The van der Waals surface area contributed by atoms with Crippen LogP contribution < -0.4 is 10.1 Å². The monoisotopic (exact) mass is 511 g/mol. The molecule has 0 spiro atoms. The molecule has 0 aliphatic carbocycles. The molecule has 0 atom stereocenters. The molecule has 3 aromatic heterocycles. The molecule has 37 heavy (non-hydrogen) atoms. The standard InChI is InChI=1S/C29H26ClN5O2/c1-18-6-4-7-19(2)27(18)29(36)33-14-21-13-32-15-24(30)23(21)16-37-26-9-5-8-22-25(35-11-10-31-17-35)12-20(3)34-28(22)26/h4-13,15,17H,14,16H2,1-3H3,(H,33,36). The molecule has 0 aliphatic rings. The lowest BCUT2D eigenvalue weighted by atomic mass is 10.0. The predicted octanol–water partition coefficient (Wildman–Crippen LogP) is 5.90. The Labute approximate surface area is 220 Å². The lowest BCUT2D eigenvalue weighted by Gasteiger charge is -2.16. The van der Waals surface area contributed by atoms with Gasteiger partial charge in [0.25, 0.3) is 5.91 Å². The van der Waals surface area contributed by atoms with E-state index >= 15 is 0 Å². The number of aromatic nitrogens is 4. The zero-order chi connectivity index (χ0) is 25.9. The van der Waals surface area contributed by atoms with E-state index in [9.17, 15) is 4.79 Å². The van der Waals surface area contributed by atoms with Crippen molar-refractivity contribution < 1.29 is 9.53 Å². The number of amides is 1. The topological polar surface area (TPSA) is 81.9 Å². The van der Waals surface area contributed by atoms with Crippen molar-refractivity contribution in [2.24, 2.45) is 0 Å². The lowest BCUT2D eigenvalue weighted by molar-refractivity contribution is 0.0949. The molecule has 5 rings (SSSR count). The Bertz CT molecular complexity index is 1580. The molecule has 7 nitrogen and oxygen atoms in total. The first-order valence-electron chi connectivity index (χ1n) is 11.9. The number of para-hydroxylation sites is 1. The fourth-order valence-corrected chi connectivity index (χ4v) is 4.69. The molecule has 0 aliphatic heterocycles. The summed E-state index contributed by atoms with van der Waals surface area (Å²) in [7, 11) is 0. The third kappa shape index (κ3) is 5.04. The average Bonchev–Trinajstić information content (AvgIpc) is 3.41. The molecule has 0 fully saturated rings. The summed E-state index contributed by atoms with van der Waals surface area (Å²) in [6.45, 7) is 6.29. The Kier molecular flexibility index (Phi) is 6.88. The largest absolute Gasteiger partial charge is 0.487 e. The Morgan fingerprint density at radius 2 is 1.84 bits per heavy atom. The van der Waals surface area contributed by atoms with Crippen LogP contribution >= 0.6 is 11.6 Å². The minimum atomic E-state index is -0.136. The fourth-order valence-electron chi connectivity index (χ4n) is 4.46. The highest BCUT2D eigenvalue weighted by Gasteiger charge is 2.16. The number of halogens is 1. The van der Waals surface area contributed by atoms with E-state index in [0.29, 0.717) is 16.3 Å². The molecule has 3 heterocycles. The maximum Gasteiger partial charge on any atom is 0.252 e. The Balaban J connectivity index is 1.40. The van der Waals surface area contributed by atoms with Gasteiger partial charge in [0.15, 0.2) is 0 Å². The lowest BCUT2D eigenvalue weighted by Crippen LogP contribution is -2.25. The van der Waals surface area contributed by atoms with Gasteiger partial charge in [0, 0.05) is 53.5 Å². The number of carbonyl (C=O) groups is 1. The van der Waals surface area contributed by atoms with Crippen LogP contribution in [-0.2, 0) is 13.2 Å². The molecule has 2 aromatic carbocycles. The molecule has 0 saturated carbocycles. The van der Waals surface area contributed by atoms with Crippen molar-refractivity contribution in [1.29, 1.82) is 0 Å². The van der Waals surface area contributed by atoms with Gasteiger partial charge in [-0.25, -0.2) is 9.97 Å². The smallest absolute Gasteiger partial charge is 0.252 e. The number of imidazole rings is 1. The predicted molar refractivity (Wildman–Crippen MR) is 144 cm³/mol. The summed E-state index contributed by atoms with van der Waals surface area (Å²) in [6, 6.07) is 13.7. The highest BCUT2D eigenvalue weighted by atomic mass is 35.5. The van der Waals surface area contributed by atoms with Crippen LogP contribution in [0.3, 0.4) is 0 Å². The van der Waals surface area contributed by atoms with Gasteiger partial charge in [-0.15, -0.1) is 0 Å². The number of fused-ring (bicyclic) bond motifs is 1. The van der Waals surface area contributed by atoms with Crippen molar-refractivity contribution in [2.75, 3.05) is 0 Å². The summed E-state index contributed by atoms with van der Waals surface area (Å²) in [5, 5.41) is 4.43. The average molecular weight is 512 g/mol. The highest BCUT2D eigenvalue weighted by Crippen LogP contribution is 2.30. The summed E-state index contributed by atoms with van der Waals surface area (Å²) in [5.41, 5.74) is 6.68. The third-order valence-corrected chi connectivity index (χ3v) is 6.63. The van der Waals surface area contributed by atoms with Crippen molar-refractivity contribution in [2.45, 2.75) is 33.9 Å². The first-order valence-corrected chi connectivity index (χ1v) is 12.3. The van der Waals surface area contributed by atoms with Crippen LogP contribution in [0.15, 0.2) is 73.6 Å². The van der Waals surface area contributed by atoms with Crippen molar-refractivity contribution in [3.8, 4) is 11.4 Å². The Hall–Kier alpha value is -4.23. The van der Waals surface area contributed by atoms with Gasteiger partial charge in [-0.3, -0.25) is 9.78 Å². The van der Waals surface area contributed by atoms with E-state index in [1.807, 2.05) is 74.0 Å². The van der Waals surface area contributed by atoms with Crippen LogP contribution in [0.1, 0.15) is 38.3 Å². The first-order chi connectivity index (χ1) is 17.9. The molecule has 8 heteroatoms. The molecule has 1 amide bonds. The highest BCUT2D eigenvalue weighted by molar-refractivity contribution is 6.31. The van der Waals surface area contributed by atoms with Crippen LogP contribution in [0, 0.1) is 20.8 Å². The Morgan fingerprint density at radius 1 is 1.05 bits per heavy atom. The fraction of sp³-hybridized carbons (Fsp3) is 0.172. The van der Waals surface area contributed by atoms with Crippen molar-refractivity contribution in [1.82, 2.24) is 24.8 Å². The van der Waals surface area contributed by atoms with Crippen molar-refractivity contribution in [3.05, 3.63) is 112 Å². The zero-order valence-electron chi connectivity index (χ0n) is 20.8. The molecule has 0 radical (unpaired) electrons. The van der Waals surface area contributed by atoms with E-state index in [2.05, 4.69) is 15.3 Å². The van der Waals surface area contributed by atoms with Crippen LogP contribution in [0.2, 0.25) is 5.02 Å². The molecule has 0 unspecified atom stereocenters. The van der Waals surface area contributed by atoms with E-state index in [0.717, 1.165) is 44.5 Å². The molecule has 0 bridgehead atoms. The summed E-state index contributed by atoms with van der Waals surface area (Å²) in [5.74, 6) is 0.504. The third-order valence-electron chi connectivity index (χ3n) is 6.31. The van der Waals surface area contributed by atoms with E-state index in [1.165, 1.54) is 0 Å². The van der Waals surface area contributed by atoms with Crippen LogP contribution in [0.4, 0.5) is 0 Å². The van der Waals surface area contributed by atoms with Gasteiger partial charge in [0.1, 0.15) is 17.9 Å². The van der Waals surface area contributed by atoms with Gasteiger partial charge in [-0.05, 0) is 49.6 Å². The summed E-state index contributed by atoms with van der Waals surface area (Å²) in [6.07, 6.45) is 8.70. The number of aryl methyl sites for hydroxylation is 3. The molecule has 5 aromatic rings. The molecule has 186 valence electrons. The molecular formula is C29H26ClN5O2.